The van der Waals surface area contributed by atoms with Crippen molar-refractivity contribution in [2.45, 2.75) is 19.4 Å². The lowest BCUT2D eigenvalue weighted by Gasteiger charge is -2.24. The van der Waals surface area contributed by atoms with E-state index < -0.39 is 6.10 Å². The molecule has 0 bridgehead atoms. The number of hydrogen-bond donors (Lipinski definition) is 1. The van der Waals surface area contributed by atoms with Crippen LogP contribution < -0.4 is 4.90 Å². The van der Waals surface area contributed by atoms with Gasteiger partial charge in [0.25, 0.3) is 0 Å². The summed E-state index contributed by atoms with van der Waals surface area (Å²) >= 11 is 0. The lowest BCUT2D eigenvalue weighted by molar-refractivity contribution is 0.174. The second-order valence-electron chi connectivity index (χ2n) is 4.52. The van der Waals surface area contributed by atoms with Crippen LogP contribution in [0.15, 0.2) is 48.5 Å². The molecule has 0 radical (unpaired) electrons. The summed E-state index contributed by atoms with van der Waals surface area (Å²) in [7, 11) is 1.87. The smallest absolute Gasteiger partial charge is 0.125 e. The van der Waals surface area contributed by atoms with Gasteiger partial charge in [0.2, 0.25) is 0 Å². The molecule has 2 aromatic carbocycles. The van der Waals surface area contributed by atoms with E-state index in [2.05, 4.69) is 0 Å². The summed E-state index contributed by atoms with van der Waals surface area (Å²) in [6.45, 7) is 1.93. The molecule has 0 aliphatic heterocycles. The second kappa shape index (κ2) is 5.85. The van der Waals surface area contributed by atoms with Crippen molar-refractivity contribution < 1.29 is 9.50 Å². The molecule has 0 saturated carbocycles. The molecule has 0 aliphatic carbocycles. The Morgan fingerprint density at radius 2 is 1.89 bits per heavy atom. The number of benzene rings is 2. The molecular weight excluding hydrogens is 241 g/mol. The highest BCUT2D eigenvalue weighted by atomic mass is 19.1. The molecule has 0 spiro atoms. The molecule has 0 aromatic heterocycles. The summed E-state index contributed by atoms with van der Waals surface area (Å²) in [6, 6.07) is 14.1. The standard InChI is InChI=1S/C16H18FNO/c1-3-16(19)14-9-4-5-10-15(14)18(2)13-8-6-7-12(17)11-13/h4-11,16,19H,3H2,1-2H3/t16-/m1/s1. The number of rotatable bonds is 4. The van der Waals surface area contributed by atoms with Crippen LogP contribution in [0.1, 0.15) is 25.0 Å². The molecule has 2 rings (SSSR count). The Hall–Kier alpha value is -1.87. The summed E-state index contributed by atoms with van der Waals surface area (Å²) < 4.78 is 13.3. The van der Waals surface area contributed by atoms with Gasteiger partial charge in [-0.3, -0.25) is 0 Å². The zero-order valence-corrected chi connectivity index (χ0v) is 11.2. The molecule has 3 heteroatoms. The monoisotopic (exact) mass is 259 g/mol. The molecule has 2 nitrogen and oxygen atoms in total. The Labute approximate surface area is 113 Å². The fourth-order valence-electron chi connectivity index (χ4n) is 2.12. The fourth-order valence-corrected chi connectivity index (χ4v) is 2.12. The van der Waals surface area contributed by atoms with Crippen molar-refractivity contribution in [2.75, 3.05) is 11.9 Å². The fraction of sp³-hybridized carbons (Fsp3) is 0.250. The quantitative estimate of drug-likeness (QED) is 0.895. The van der Waals surface area contributed by atoms with E-state index in [4.69, 9.17) is 0 Å². The molecule has 100 valence electrons. The Bertz CT molecular complexity index is 556. The SMILES string of the molecule is CC[C@@H](O)c1ccccc1N(C)c1cccc(F)c1. The number of halogens is 1. The van der Waals surface area contributed by atoms with Crippen LogP contribution in [0.25, 0.3) is 0 Å². The highest BCUT2D eigenvalue weighted by Gasteiger charge is 2.14. The second-order valence-corrected chi connectivity index (χ2v) is 4.52. The number of para-hydroxylation sites is 1. The maximum atomic E-state index is 13.3. The van der Waals surface area contributed by atoms with Crippen molar-refractivity contribution in [3.8, 4) is 0 Å². The van der Waals surface area contributed by atoms with Crippen molar-refractivity contribution in [1.82, 2.24) is 0 Å². The van der Waals surface area contributed by atoms with Gasteiger partial charge in [-0.15, -0.1) is 0 Å². The minimum Gasteiger partial charge on any atom is -0.388 e. The van der Waals surface area contributed by atoms with E-state index in [1.807, 2.05) is 49.2 Å². The lowest BCUT2D eigenvalue weighted by Crippen LogP contribution is -2.13. The summed E-state index contributed by atoms with van der Waals surface area (Å²) in [5.74, 6) is -0.266. The minimum atomic E-state index is -0.507. The Balaban J connectivity index is 2.41. The van der Waals surface area contributed by atoms with Crippen LogP contribution in [-0.2, 0) is 0 Å². The van der Waals surface area contributed by atoms with Crippen LogP contribution in [-0.4, -0.2) is 12.2 Å². The number of aliphatic hydroxyl groups is 1. The average Bonchev–Trinajstić information content (AvgIpc) is 2.45. The predicted octanol–water partition coefficient (Wildman–Crippen LogP) is 4.04. The van der Waals surface area contributed by atoms with Gasteiger partial charge in [-0.25, -0.2) is 4.39 Å². The number of anilines is 2. The molecule has 1 atom stereocenters. The van der Waals surface area contributed by atoms with Gasteiger partial charge in [-0.05, 0) is 30.7 Å². The number of aliphatic hydroxyl groups excluding tert-OH is 1. The molecule has 19 heavy (non-hydrogen) atoms. The summed E-state index contributed by atoms with van der Waals surface area (Å²) in [5, 5.41) is 10.1. The maximum absolute atomic E-state index is 13.3. The van der Waals surface area contributed by atoms with Crippen molar-refractivity contribution in [3.63, 3.8) is 0 Å². The first-order chi connectivity index (χ1) is 9.13. The number of hydrogen-bond acceptors (Lipinski definition) is 2. The molecule has 0 heterocycles. The van der Waals surface area contributed by atoms with Gasteiger partial charge >= 0.3 is 0 Å². The summed E-state index contributed by atoms with van der Waals surface area (Å²) in [5.41, 5.74) is 2.51. The normalized spacial score (nSPS) is 12.2. The molecule has 1 N–H and O–H groups in total. The first-order valence-corrected chi connectivity index (χ1v) is 6.39. The van der Waals surface area contributed by atoms with Crippen LogP contribution in [0.3, 0.4) is 0 Å². The third-order valence-electron chi connectivity index (χ3n) is 3.24. The van der Waals surface area contributed by atoms with Gasteiger partial charge < -0.3 is 10.0 Å². The van der Waals surface area contributed by atoms with Gasteiger partial charge in [0.05, 0.1) is 6.10 Å². The molecule has 0 saturated heterocycles. The molecular formula is C16H18FNO. The lowest BCUT2D eigenvalue weighted by atomic mass is 10.0. The largest absolute Gasteiger partial charge is 0.388 e. The van der Waals surface area contributed by atoms with Crippen LogP contribution >= 0.6 is 0 Å². The first kappa shape index (κ1) is 13.6. The average molecular weight is 259 g/mol. The Morgan fingerprint density at radius 3 is 2.58 bits per heavy atom. The van der Waals surface area contributed by atoms with Crippen LogP contribution in [0, 0.1) is 5.82 Å². The van der Waals surface area contributed by atoms with E-state index >= 15 is 0 Å². The van der Waals surface area contributed by atoms with E-state index in [0.717, 1.165) is 16.9 Å². The summed E-state index contributed by atoms with van der Waals surface area (Å²) in [4.78, 5) is 1.89. The maximum Gasteiger partial charge on any atom is 0.125 e. The number of nitrogens with zero attached hydrogens (tertiary/aromatic N) is 1. The molecule has 2 aromatic rings. The van der Waals surface area contributed by atoms with E-state index in [1.165, 1.54) is 12.1 Å². The topological polar surface area (TPSA) is 23.5 Å². The van der Waals surface area contributed by atoms with E-state index in [-0.39, 0.29) is 5.82 Å². The Morgan fingerprint density at radius 1 is 1.16 bits per heavy atom. The predicted molar refractivity (Wildman–Crippen MR) is 76.2 cm³/mol. The van der Waals surface area contributed by atoms with Gasteiger partial charge in [0, 0.05) is 24.0 Å². The first-order valence-electron chi connectivity index (χ1n) is 6.39. The van der Waals surface area contributed by atoms with E-state index in [9.17, 15) is 9.50 Å². The van der Waals surface area contributed by atoms with Crippen molar-refractivity contribution in [1.29, 1.82) is 0 Å². The zero-order valence-electron chi connectivity index (χ0n) is 11.2. The molecule has 0 fully saturated rings. The van der Waals surface area contributed by atoms with Crippen molar-refractivity contribution in [2.24, 2.45) is 0 Å². The minimum absolute atomic E-state index is 0.266. The zero-order chi connectivity index (χ0) is 13.8. The summed E-state index contributed by atoms with van der Waals surface area (Å²) in [6.07, 6.45) is 0.140. The van der Waals surface area contributed by atoms with E-state index in [0.29, 0.717) is 6.42 Å². The third kappa shape index (κ3) is 2.93. The van der Waals surface area contributed by atoms with Gasteiger partial charge in [-0.1, -0.05) is 31.2 Å². The molecule has 0 amide bonds. The Kier molecular flexibility index (Phi) is 4.17. The molecule has 0 aliphatic rings. The van der Waals surface area contributed by atoms with Crippen LogP contribution in [0.4, 0.5) is 15.8 Å². The van der Waals surface area contributed by atoms with Gasteiger partial charge in [0.15, 0.2) is 0 Å². The molecule has 0 unspecified atom stereocenters. The third-order valence-corrected chi connectivity index (χ3v) is 3.24. The van der Waals surface area contributed by atoms with Gasteiger partial charge in [-0.2, -0.15) is 0 Å². The van der Waals surface area contributed by atoms with Crippen LogP contribution in [0.5, 0.6) is 0 Å². The highest BCUT2D eigenvalue weighted by Crippen LogP contribution is 2.31. The van der Waals surface area contributed by atoms with Crippen molar-refractivity contribution >= 4 is 11.4 Å². The van der Waals surface area contributed by atoms with E-state index in [1.54, 1.807) is 6.07 Å². The van der Waals surface area contributed by atoms with Gasteiger partial charge in [0.1, 0.15) is 5.82 Å². The van der Waals surface area contributed by atoms with Crippen LogP contribution in [0.2, 0.25) is 0 Å². The highest BCUT2D eigenvalue weighted by molar-refractivity contribution is 5.66. The van der Waals surface area contributed by atoms with Crippen molar-refractivity contribution in [3.05, 3.63) is 59.9 Å².